The van der Waals surface area contributed by atoms with E-state index in [0.29, 0.717) is 5.95 Å². The van der Waals surface area contributed by atoms with Crippen molar-refractivity contribution in [2.45, 2.75) is 9.79 Å². The summed E-state index contributed by atoms with van der Waals surface area (Å²) >= 11 is 3.68. The largest absolute Gasteiger partial charge is 0.276 e. The highest BCUT2D eigenvalue weighted by Gasteiger charge is 2.26. The van der Waals surface area contributed by atoms with Gasteiger partial charge in [-0.2, -0.15) is 0 Å². The molecule has 0 aliphatic carbocycles. The molecule has 0 radical (unpaired) electrons. The third-order valence-corrected chi connectivity index (χ3v) is 11.7. The van der Waals surface area contributed by atoms with Crippen LogP contribution in [0.25, 0.3) is 91.6 Å². The first-order valence-electron chi connectivity index (χ1n) is 15.1. The number of hydrogen-bond acceptors (Lipinski definition) is 4. The minimum absolute atomic E-state index is 0.709. The van der Waals surface area contributed by atoms with Gasteiger partial charge in [-0.1, -0.05) is 109 Å². The number of fused-ring (bicyclic) bond motifs is 14. The predicted octanol–water partition coefficient (Wildman–Crippen LogP) is 11.5. The average molecular weight is 608 g/mol. The van der Waals surface area contributed by atoms with Gasteiger partial charge in [0.1, 0.15) is 0 Å². The van der Waals surface area contributed by atoms with Crippen LogP contribution in [0.5, 0.6) is 0 Å². The quantitative estimate of drug-likeness (QED) is 0.186. The first-order valence-corrected chi connectivity index (χ1v) is 16.7. The molecule has 0 fully saturated rings. The van der Waals surface area contributed by atoms with E-state index in [1.165, 1.54) is 73.4 Å². The van der Waals surface area contributed by atoms with Crippen LogP contribution in [0.3, 0.4) is 0 Å². The van der Waals surface area contributed by atoms with E-state index in [-0.39, 0.29) is 0 Å². The molecule has 0 atom stereocenters. The smallest absolute Gasteiger partial charge is 0.235 e. The molecule has 45 heavy (non-hydrogen) atoms. The highest BCUT2D eigenvalue weighted by Crippen LogP contribution is 2.50. The van der Waals surface area contributed by atoms with E-state index in [2.05, 4.69) is 132 Å². The van der Waals surface area contributed by atoms with Crippen molar-refractivity contribution in [3.8, 4) is 17.2 Å². The molecule has 0 unspecified atom stereocenters. The van der Waals surface area contributed by atoms with Crippen LogP contribution in [0.15, 0.2) is 137 Å². The second-order valence-electron chi connectivity index (χ2n) is 11.7. The van der Waals surface area contributed by atoms with Gasteiger partial charge in [0.25, 0.3) is 0 Å². The molecule has 208 valence electrons. The van der Waals surface area contributed by atoms with Crippen molar-refractivity contribution in [2.24, 2.45) is 0 Å². The van der Waals surface area contributed by atoms with Crippen molar-refractivity contribution in [1.82, 2.24) is 14.5 Å². The lowest BCUT2D eigenvalue weighted by molar-refractivity contribution is 1.01. The summed E-state index contributed by atoms with van der Waals surface area (Å²) in [6.45, 7) is 0. The Morgan fingerprint density at radius 1 is 0.511 bits per heavy atom. The lowest BCUT2D eigenvalue weighted by Crippen LogP contribution is -2.05. The summed E-state index contributed by atoms with van der Waals surface area (Å²) in [5.41, 5.74) is 5.44. The van der Waals surface area contributed by atoms with Crippen LogP contribution in [-0.2, 0) is 0 Å². The average Bonchev–Trinajstić information content (AvgIpc) is 3.66. The van der Waals surface area contributed by atoms with E-state index in [4.69, 9.17) is 9.97 Å². The van der Waals surface area contributed by atoms with Gasteiger partial charge in [0.2, 0.25) is 5.95 Å². The highest BCUT2D eigenvalue weighted by molar-refractivity contribution is 7.99. The second-order valence-corrected chi connectivity index (χ2v) is 13.8. The Kier molecular flexibility index (Phi) is 4.66. The maximum absolute atomic E-state index is 5.48. The zero-order valence-corrected chi connectivity index (χ0v) is 25.4. The van der Waals surface area contributed by atoms with Gasteiger partial charge < -0.3 is 0 Å². The Morgan fingerprint density at radius 2 is 1.24 bits per heavy atom. The van der Waals surface area contributed by atoms with Gasteiger partial charge >= 0.3 is 0 Å². The molecule has 3 nitrogen and oxygen atoms in total. The molecule has 5 heteroatoms. The number of thiophene rings is 1. The van der Waals surface area contributed by atoms with Gasteiger partial charge in [0.15, 0.2) is 0 Å². The molecule has 4 heterocycles. The van der Waals surface area contributed by atoms with Crippen molar-refractivity contribution in [3.05, 3.63) is 127 Å². The Morgan fingerprint density at radius 3 is 2.16 bits per heavy atom. The van der Waals surface area contributed by atoms with Crippen LogP contribution in [-0.4, -0.2) is 14.5 Å². The zero-order valence-electron chi connectivity index (χ0n) is 23.8. The molecule has 0 saturated carbocycles. The summed E-state index contributed by atoms with van der Waals surface area (Å²) < 4.78 is 4.91. The van der Waals surface area contributed by atoms with E-state index < -0.39 is 0 Å². The van der Waals surface area contributed by atoms with Crippen LogP contribution in [0.2, 0.25) is 0 Å². The predicted molar refractivity (Wildman–Crippen MR) is 191 cm³/mol. The molecule has 0 bridgehead atoms. The molecular weight excluding hydrogens is 587 g/mol. The van der Waals surface area contributed by atoms with E-state index in [1.807, 2.05) is 11.3 Å². The summed E-state index contributed by atoms with van der Waals surface area (Å²) in [5, 5.41) is 11.3. The highest BCUT2D eigenvalue weighted by atomic mass is 32.2. The summed E-state index contributed by atoms with van der Waals surface area (Å²) in [6, 6.07) is 46.0. The molecular formula is C40H21N3S2. The van der Waals surface area contributed by atoms with E-state index in [9.17, 15) is 0 Å². The second kappa shape index (κ2) is 8.69. The zero-order chi connectivity index (χ0) is 29.2. The Labute approximate surface area is 265 Å². The molecule has 0 spiro atoms. The van der Waals surface area contributed by atoms with Crippen molar-refractivity contribution < 1.29 is 0 Å². The summed E-state index contributed by atoms with van der Waals surface area (Å²) in [6.07, 6.45) is 0. The minimum atomic E-state index is 0.709. The topological polar surface area (TPSA) is 30.7 Å². The van der Waals surface area contributed by atoms with Gasteiger partial charge in [-0.25, -0.2) is 9.97 Å². The molecule has 0 N–H and O–H groups in total. The van der Waals surface area contributed by atoms with Crippen LogP contribution >= 0.6 is 23.1 Å². The van der Waals surface area contributed by atoms with E-state index in [0.717, 1.165) is 22.1 Å². The SMILES string of the molecule is c1ccc2c(c1)Sc1cccc3nc(-n4c5ccc6ccccc6c5c5c6ccccc6c6c7ccccc7sc6c54)nc-2c13. The molecule has 0 amide bonds. The standard InChI is InChI=1S/C40H21N3S2/c1-2-11-23-22(10-1)20-21-29-34(23)35-25-13-4-3-12-24(25)33-26-14-5-7-17-30(26)45-39(33)38(35)43(29)40-41-28-16-9-19-32-36(28)37(42-40)27-15-6-8-18-31(27)44-32/h1-21H. The number of nitrogens with zero attached hydrogens (tertiary/aromatic N) is 3. The van der Waals surface area contributed by atoms with Crippen LogP contribution in [0.1, 0.15) is 0 Å². The van der Waals surface area contributed by atoms with Crippen molar-refractivity contribution in [3.63, 3.8) is 0 Å². The minimum Gasteiger partial charge on any atom is -0.276 e. The van der Waals surface area contributed by atoms with Crippen LogP contribution in [0.4, 0.5) is 0 Å². The van der Waals surface area contributed by atoms with Crippen molar-refractivity contribution in [2.75, 3.05) is 0 Å². The maximum Gasteiger partial charge on any atom is 0.235 e. The van der Waals surface area contributed by atoms with Crippen molar-refractivity contribution >= 4 is 97.5 Å². The Balaban J connectivity index is 1.42. The lowest BCUT2D eigenvalue weighted by Gasteiger charge is -2.20. The molecule has 1 aliphatic heterocycles. The van der Waals surface area contributed by atoms with Gasteiger partial charge in [-0.15, -0.1) is 11.3 Å². The van der Waals surface area contributed by atoms with Gasteiger partial charge in [-0.05, 0) is 51.9 Å². The summed E-state index contributed by atoms with van der Waals surface area (Å²) in [5.74, 6) is 0.709. The molecule has 10 aromatic rings. The van der Waals surface area contributed by atoms with Crippen LogP contribution < -0.4 is 0 Å². The summed E-state index contributed by atoms with van der Waals surface area (Å²) in [4.78, 5) is 13.3. The fourth-order valence-corrected chi connectivity index (χ4v) is 9.90. The number of aromatic nitrogens is 3. The molecule has 1 aliphatic rings. The lowest BCUT2D eigenvalue weighted by atomic mass is 9.97. The van der Waals surface area contributed by atoms with Crippen LogP contribution in [0, 0.1) is 0 Å². The van der Waals surface area contributed by atoms with E-state index in [1.54, 1.807) is 11.8 Å². The molecule has 11 rings (SSSR count). The maximum atomic E-state index is 5.48. The number of hydrogen-bond donors (Lipinski definition) is 0. The Hall–Kier alpha value is -5.23. The first kappa shape index (κ1) is 24.1. The van der Waals surface area contributed by atoms with Crippen molar-refractivity contribution in [1.29, 1.82) is 0 Å². The fraction of sp³-hybridized carbons (Fsp3) is 0. The third kappa shape index (κ3) is 3.11. The van der Waals surface area contributed by atoms with Gasteiger partial charge in [0, 0.05) is 47.0 Å². The Bertz CT molecular complexity index is 2910. The molecule has 0 saturated heterocycles. The summed E-state index contributed by atoms with van der Waals surface area (Å²) in [7, 11) is 0. The number of rotatable bonds is 1. The first-order chi connectivity index (χ1) is 22.3. The third-order valence-electron chi connectivity index (χ3n) is 9.37. The van der Waals surface area contributed by atoms with E-state index >= 15 is 0 Å². The van der Waals surface area contributed by atoms with Gasteiger partial charge in [0.05, 0.1) is 26.9 Å². The normalized spacial score (nSPS) is 12.8. The fourth-order valence-electron chi connectivity index (χ4n) is 7.53. The molecule has 3 aromatic heterocycles. The number of benzene rings is 7. The molecule has 7 aromatic carbocycles. The van der Waals surface area contributed by atoms with Gasteiger partial charge in [-0.3, -0.25) is 4.57 Å². The monoisotopic (exact) mass is 607 g/mol.